The fourth-order valence-electron chi connectivity index (χ4n) is 4.15. The minimum absolute atomic E-state index is 0.00578. The van der Waals surface area contributed by atoms with Gasteiger partial charge in [0.15, 0.2) is 23.4 Å². The third-order valence-electron chi connectivity index (χ3n) is 5.97. The monoisotopic (exact) mass is 483 g/mol. The molecule has 2 aliphatic rings. The van der Waals surface area contributed by atoms with Crippen LogP contribution >= 0.6 is 0 Å². The van der Waals surface area contributed by atoms with Gasteiger partial charge in [-0.2, -0.15) is 13.2 Å². The molecule has 11 heteroatoms. The van der Waals surface area contributed by atoms with E-state index in [0.29, 0.717) is 13.0 Å². The molecule has 0 radical (unpaired) electrons. The second-order valence-corrected chi connectivity index (χ2v) is 8.11. The molecule has 3 N–H and O–H groups in total. The largest absolute Gasteiger partial charge is 0.494 e. The second-order valence-electron chi connectivity index (χ2n) is 8.11. The lowest BCUT2D eigenvalue weighted by atomic mass is 9.85. The molecule has 0 bridgehead atoms. The first-order chi connectivity index (χ1) is 16.2. The highest BCUT2D eigenvalue weighted by molar-refractivity contribution is 5.89. The summed E-state index contributed by atoms with van der Waals surface area (Å²) in [5.41, 5.74) is -2.29. The number of anilines is 1. The molecule has 0 aliphatic carbocycles. The molecule has 7 nitrogen and oxygen atoms in total. The van der Waals surface area contributed by atoms with Crippen LogP contribution in [0.2, 0.25) is 0 Å². The van der Waals surface area contributed by atoms with Gasteiger partial charge < -0.3 is 24.8 Å². The van der Waals surface area contributed by atoms with Gasteiger partial charge in [0.25, 0.3) is 0 Å². The summed E-state index contributed by atoms with van der Waals surface area (Å²) in [6.07, 6.45) is -4.32. The molecule has 0 spiro atoms. The molecular weight excluding hydrogens is 458 g/mol. The average molecular weight is 483 g/mol. The quantitative estimate of drug-likeness (QED) is 0.535. The number of urea groups is 1. The Hall–Kier alpha value is -3.05. The second kappa shape index (κ2) is 9.67. The van der Waals surface area contributed by atoms with Gasteiger partial charge in [-0.05, 0) is 37.6 Å². The van der Waals surface area contributed by atoms with Crippen molar-refractivity contribution in [3.63, 3.8) is 0 Å². The van der Waals surface area contributed by atoms with E-state index in [1.807, 2.05) is 0 Å². The highest BCUT2D eigenvalue weighted by Gasteiger charge is 2.62. The maximum absolute atomic E-state index is 13.9. The zero-order chi connectivity index (χ0) is 24.3. The number of methoxy groups -OCH3 is 1. The maximum Gasteiger partial charge on any atom is 0.421 e. The van der Waals surface area contributed by atoms with Gasteiger partial charge >= 0.3 is 12.2 Å². The number of halogens is 4. The molecule has 2 fully saturated rings. The summed E-state index contributed by atoms with van der Waals surface area (Å²) >= 11 is 0. The van der Waals surface area contributed by atoms with Gasteiger partial charge in [-0.15, -0.1) is 0 Å². The number of piperidine rings is 1. The number of ether oxygens (including phenoxy) is 3. The number of amides is 2. The van der Waals surface area contributed by atoms with Gasteiger partial charge in [-0.25, -0.2) is 9.18 Å². The third kappa shape index (κ3) is 4.76. The highest BCUT2D eigenvalue weighted by atomic mass is 19.4. The Bertz CT molecular complexity index is 1030. The van der Waals surface area contributed by atoms with Crippen molar-refractivity contribution in [2.45, 2.75) is 43.3 Å². The molecule has 2 amide bonds. The molecule has 0 aromatic heterocycles. The van der Waals surface area contributed by atoms with E-state index in [9.17, 15) is 22.4 Å². The standard InChI is InChI=1S/C23H25F4N3O4/c1-32-19-9-8-14(13-16(19)24)29-21(31)30-17-6-4-11-28-20(17)34-18-7-3-2-5-15(18)22(10-12-33-22)23(25,26)27/h2-3,5,7-9,13,17,20,28H,4,6,10-12H2,1H3,(H2,29,30,31). The first-order valence-corrected chi connectivity index (χ1v) is 10.8. The van der Waals surface area contributed by atoms with Crippen molar-refractivity contribution >= 4 is 11.7 Å². The molecule has 0 saturated carbocycles. The molecule has 2 heterocycles. The Morgan fingerprint density at radius 1 is 1.21 bits per heavy atom. The first kappa shape index (κ1) is 24.1. The van der Waals surface area contributed by atoms with Crippen molar-refractivity contribution in [2.75, 3.05) is 25.6 Å². The van der Waals surface area contributed by atoms with Crippen molar-refractivity contribution in [1.82, 2.24) is 10.6 Å². The lowest BCUT2D eigenvalue weighted by Gasteiger charge is -2.44. The number of alkyl halides is 3. The van der Waals surface area contributed by atoms with E-state index in [4.69, 9.17) is 14.2 Å². The average Bonchev–Trinajstić information content (AvgIpc) is 2.74. The van der Waals surface area contributed by atoms with Crippen molar-refractivity contribution in [1.29, 1.82) is 0 Å². The molecule has 3 atom stereocenters. The van der Waals surface area contributed by atoms with Crippen LogP contribution < -0.4 is 25.4 Å². The third-order valence-corrected chi connectivity index (χ3v) is 5.97. The van der Waals surface area contributed by atoms with Crippen LogP contribution in [0.5, 0.6) is 11.5 Å². The van der Waals surface area contributed by atoms with Gasteiger partial charge in [-0.1, -0.05) is 18.2 Å². The summed E-state index contributed by atoms with van der Waals surface area (Å²) in [7, 11) is 1.33. The van der Waals surface area contributed by atoms with Crippen molar-refractivity contribution in [3.05, 3.63) is 53.8 Å². The van der Waals surface area contributed by atoms with Crippen LogP contribution in [0.15, 0.2) is 42.5 Å². The summed E-state index contributed by atoms with van der Waals surface area (Å²) in [6.45, 7) is 0.572. The van der Waals surface area contributed by atoms with Crippen LogP contribution in [0.4, 0.5) is 28.0 Å². The SMILES string of the molecule is COc1ccc(NC(=O)NC2CCCNC2Oc2ccccc2C2(C(F)(F)F)CCO2)cc1F. The van der Waals surface area contributed by atoms with Crippen molar-refractivity contribution < 1.29 is 36.6 Å². The number of carbonyl (C=O) groups is 1. The van der Waals surface area contributed by atoms with E-state index >= 15 is 0 Å². The lowest BCUT2D eigenvalue weighted by molar-refractivity contribution is -0.334. The molecular formula is C23H25F4N3O4. The fraction of sp³-hybridized carbons (Fsp3) is 0.435. The fourth-order valence-corrected chi connectivity index (χ4v) is 4.15. The van der Waals surface area contributed by atoms with E-state index in [-0.39, 0.29) is 35.8 Å². The van der Waals surface area contributed by atoms with Crippen LogP contribution in [-0.2, 0) is 10.3 Å². The Balaban J connectivity index is 1.47. The Labute approximate surface area is 193 Å². The van der Waals surface area contributed by atoms with Gasteiger partial charge in [0, 0.05) is 23.7 Å². The van der Waals surface area contributed by atoms with E-state index < -0.39 is 35.9 Å². The van der Waals surface area contributed by atoms with Crippen LogP contribution in [0.25, 0.3) is 0 Å². The Morgan fingerprint density at radius 3 is 2.62 bits per heavy atom. The van der Waals surface area contributed by atoms with E-state index in [0.717, 1.165) is 12.5 Å². The number of hydrogen-bond donors (Lipinski definition) is 3. The Morgan fingerprint density at radius 2 is 1.97 bits per heavy atom. The van der Waals surface area contributed by atoms with Crippen LogP contribution in [0.3, 0.4) is 0 Å². The summed E-state index contributed by atoms with van der Waals surface area (Å²) < 4.78 is 71.3. The van der Waals surface area contributed by atoms with Crippen LogP contribution in [0.1, 0.15) is 24.8 Å². The van der Waals surface area contributed by atoms with Crippen LogP contribution in [-0.4, -0.2) is 44.7 Å². The summed E-state index contributed by atoms with van der Waals surface area (Å²) in [4.78, 5) is 12.5. The molecule has 2 saturated heterocycles. The van der Waals surface area contributed by atoms with E-state index in [2.05, 4.69) is 16.0 Å². The number of para-hydroxylation sites is 1. The molecule has 2 aliphatic heterocycles. The van der Waals surface area contributed by atoms with E-state index in [1.54, 1.807) is 6.07 Å². The van der Waals surface area contributed by atoms with Crippen molar-refractivity contribution in [2.24, 2.45) is 0 Å². The Kier molecular flexibility index (Phi) is 6.85. The van der Waals surface area contributed by atoms with Gasteiger partial charge in [0.2, 0.25) is 0 Å². The van der Waals surface area contributed by atoms with Gasteiger partial charge in [-0.3, -0.25) is 5.32 Å². The number of rotatable bonds is 6. The number of hydrogen-bond acceptors (Lipinski definition) is 5. The zero-order valence-corrected chi connectivity index (χ0v) is 18.4. The molecule has 2 aromatic rings. The zero-order valence-electron chi connectivity index (χ0n) is 18.4. The number of nitrogens with one attached hydrogen (secondary N) is 3. The van der Waals surface area contributed by atoms with Crippen LogP contribution in [0, 0.1) is 5.82 Å². The normalized spacial score (nSPS) is 24.6. The molecule has 4 rings (SSSR count). The van der Waals surface area contributed by atoms with E-state index in [1.165, 1.54) is 37.4 Å². The molecule has 184 valence electrons. The molecule has 2 aromatic carbocycles. The topological polar surface area (TPSA) is 80.9 Å². The maximum atomic E-state index is 13.9. The van der Waals surface area contributed by atoms with Crippen molar-refractivity contribution in [3.8, 4) is 11.5 Å². The smallest absolute Gasteiger partial charge is 0.421 e. The predicted molar refractivity (Wildman–Crippen MR) is 115 cm³/mol. The summed E-state index contributed by atoms with van der Waals surface area (Å²) in [5.74, 6) is -0.556. The number of carbonyl (C=O) groups excluding carboxylic acids is 1. The number of benzene rings is 2. The predicted octanol–water partition coefficient (Wildman–Crippen LogP) is 4.29. The van der Waals surface area contributed by atoms with Gasteiger partial charge in [0.1, 0.15) is 5.75 Å². The lowest BCUT2D eigenvalue weighted by Crippen LogP contribution is -2.57. The van der Waals surface area contributed by atoms with Gasteiger partial charge in [0.05, 0.1) is 19.8 Å². The molecule has 3 unspecified atom stereocenters. The molecule has 34 heavy (non-hydrogen) atoms. The first-order valence-electron chi connectivity index (χ1n) is 10.8. The summed E-state index contributed by atoms with van der Waals surface area (Å²) in [6, 6.07) is 8.73. The highest BCUT2D eigenvalue weighted by Crippen LogP contribution is 2.52. The minimum Gasteiger partial charge on any atom is -0.494 e. The summed E-state index contributed by atoms with van der Waals surface area (Å²) in [5, 5.41) is 8.40. The minimum atomic E-state index is -4.60.